The molecule has 2 aromatic carbocycles. The lowest BCUT2D eigenvalue weighted by Gasteiger charge is -2.16. The Bertz CT molecular complexity index is 714. The van der Waals surface area contributed by atoms with E-state index in [1.165, 1.54) is 37.3 Å². The van der Waals surface area contributed by atoms with Crippen molar-refractivity contribution in [1.82, 2.24) is 0 Å². The number of nitro groups is 1. The van der Waals surface area contributed by atoms with E-state index in [1.54, 1.807) is 12.1 Å². The van der Waals surface area contributed by atoms with Crippen molar-refractivity contribution < 1.29 is 14.1 Å². The van der Waals surface area contributed by atoms with Gasteiger partial charge in [-0.15, -0.1) is 0 Å². The van der Waals surface area contributed by atoms with Crippen molar-refractivity contribution in [3.63, 3.8) is 0 Å². The number of nitro benzene ring substituents is 1. The molecule has 1 N–H and O–H groups in total. The minimum atomic E-state index is -0.536. The molecule has 0 aliphatic rings. The number of nitrogens with zero attached hydrogens (tertiary/aromatic N) is 1. The van der Waals surface area contributed by atoms with Crippen LogP contribution in [0.5, 0.6) is 0 Å². The highest BCUT2D eigenvalue weighted by Gasteiger charge is 2.18. The van der Waals surface area contributed by atoms with Gasteiger partial charge in [0.2, 0.25) is 0 Å². The van der Waals surface area contributed by atoms with E-state index < -0.39 is 4.92 Å². The van der Waals surface area contributed by atoms with Crippen LogP contribution in [0, 0.1) is 15.9 Å². The molecule has 0 aromatic heterocycles. The largest absolute Gasteiger partial charge is 0.373 e. The number of hydrogen-bond acceptors (Lipinski definition) is 4. The van der Waals surface area contributed by atoms with E-state index in [4.69, 9.17) is 0 Å². The molecule has 0 saturated carbocycles. The van der Waals surface area contributed by atoms with Crippen LogP contribution in [0.3, 0.4) is 0 Å². The zero-order chi connectivity index (χ0) is 16.3. The maximum Gasteiger partial charge on any atom is 0.293 e. The van der Waals surface area contributed by atoms with Crippen LogP contribution in [0.15, 0.2) is 42.5 Å². The van der Waals surface area contributed by atoms with E-state index in [9.17, 15) is 19.3 Å². The van der Waals surface area contributed by atoms with Gasteiger partial charge in [0, 0.05) is 17.7 Å². The standard InChI is InChI=1S/C16H15FN2O3/c1-10(12-3-6-14(17)7-4-12)18-15-8-5-13(11(2)20)9-16(15)19(21)22/h3-10,18H,1-2H3/t10-/m0/s1. The van der Waals surface area contributed by atoms with Gasteiger partial charge < -0.3 is 5.32 Å². The lowest BCUT2D eigenvalue weighted by Crippen LogP contribution is -2.09. The Labute approximate surface area is 126 Å². The summed E-state index contributed by atoms with van der Waals surface area (Å²) in [6, 6.07) is 9.95. The minimum Gasteiger partial charge on any atom is -0.373 e. The number of anilines is 1. The second-order valence-electron chi connectivity index (χ2n) is 4.96. The molecule has 0 saturated heterocycles. The van der Waals surface area contributed by atoms with Gasteiger partial charge in [-0.2, -0.15) is 0 Å². The van der Waals surface area contributed by atoms with Gasteiger partial charge in [0.25, 0.3) is 5.69 Å². The molecule has 0 spiro atoms. The lowest BCUT2D eigenvalue weighted by molar-refractivity contribution is -0.384. The first-order valence-electron chi connectivity index (χ1n) is 6.70. The van der Waals surface area contributed by atoms with Crippen LogP contribution in [-0.2, 0) is 0 Å². The van der Waals surface area contributed by atoms with E-state index in [0.29, 0.717) is 5.69 Å². The van der Waals surface area contributed by atoms with Crippen molar-refractivity contribution in [1.29, 1.82) is 0 Å². The van der Waals surface area contributed by atoms with Crippen LogP contribution in [0.4, 0.5) is 15.8 Å². The predicted molar refractivity (Wildman–Crippen MR) is 81.5 cm³/mol. The lowest BCUT2D eigenvalue weighted by atomic mass is 10.1. The fourth-order valence-electron chi connectivity index (χ4n) is 2.09. The highest BCUT2D eigenvalue weighted by molar-refractivity contribution is 5.95. The smallest absolute Gasteiger partial charge is 0.293 e. The molecule has 22 heavy (non-hydrogen) atoms. The molecule has 1 atom stereocenters. The monoisotopic (exact) mass is 302 g/mol. The van der Waals surface area contributed by atoms with Crippen LogP contribution in [0.1, 0.15) is 35.8 Å². The van der Waals surface area contributed by atoms with Crippen molar-refractivity contribution >= 4 is 17.2 Å². The normalized spacial score (nSPS) is 11.8. The Hall–Kier alpha value is -2.76. The number of rotatable bonds is 5. The van der Waals surface area contributed by atoms with Gasteiger partial charge in [-0.25, -0.2) is 4.39 Å². The molecule has 0 bridgehead atoms. The Morgan fingerprint density at radius 3 is 2.41 bits per heavy atom. The minimum absolute atomic E-state index is 0.165. The predicted octanol–water partition coefficient (Wildman–Crippen LogP) is 4.11. The molecule has 0 unspecified atom stereocenters. The van der Waals surface area contributed by atoms with Crippen LogP contribution >= 0.6 is 0 Å². The summed E-state index contributed by atoms with van der Waals surface area (Å²) in [7, 11) is 0. The van der Waals surface area contributed by atoms with Crippen LogP contribution in [-0.4, -0.2) is 10.7 Å². The summed E-state index contributed by atoms with van der Waals surface area (Å²) < 4.78 is 12.9. The van der Waals surface area contributed by atoms with Gasteiger partial charge in [-0.05, 0) is 43.7 Å². The van der Waals surface area contributed by atoms with Gasteiger partial charge in [0.1, 0.15) is 11.5 Å². The Morgan fingerprint density at radius 2 is 1.86 bits per heavy atom. The summed E-state index contributed by atoms with van der Waals surface area (Å²) in [5.74, 6) is -0.575. The maximum atomic E-state index is 12.9. The van der Waals surface area contributed by atoms with Crippen molar-refractivity contribution in [2.24, 2.45) is 0 Å². The summed E-state index contributed by atoms with van der Waals surface area (Å²) in [5, 5.41) is 14.2. The van der Waals surface area contributed by atoms with Crippen molar-refractivity contribution in [2.75, 3.05) is 5.32 Å². The number of carbonyl (C=O) groups is 1. The summed E-state index contributed by atoms with van der Waals surface area (Å²) >= 11 is 0. The van der Waals surface area contributed by atoms with Crippen molar-refractivity contribution in [3.8, 4) is 0 Å². The molecule has 0 aliphatic carbocycles. The summed E-state index contributed by atoms with van der Waals surface area (Å²) in [4.78, 5) is 22.0. The fourth-order valence-corrected chi connectivity index (χ4v) is 2.09. The van der Waals surface area contributed by atoms with Gasteiger partial charge in [0.15, 0.2) is 5.78 Å². The average Bonchev–Trinajstić information content (AvgIpc) is 2.47. The third-order valence-electron chi connectivity index (χ3n) is 3.34. The third kappa shape index (κ3) is 3.46. The first-order chi connectivity index (χ1) is 10.4. The van der Waals surface area contributed by atoms with E-state index >= 15 is 0 Å². The van der Waals surface area contributed by atoms with Gasteiger partial charge in [-0.3, -0.25) is 14.9 Å². The number of Topliss-reactive ketones (excluding diaryl/α,β-unsaturated/α-hetero) is 1. The molecule has 6 heteroatoms. The molecule has 2 aromatic rings. The topological polar surface area (TPSA) is 72.2 Å². The molecule has 0 amide bonds. The molecular formula is C16H15FN2O3. The Morgan fingerprint density at radius 1 is 1.23 bits per heavy atom. The molecular weight excluding hydrogens is 287 g/mol. The Balaban J connectivity index is 2.30. The molecule has 114 valence electrons. The van der Waals surface area contributed by atoms with Crippen LogP contribution in [0.25, 0.3) is 0 Å². The van der Waals surface area contributed by atoms with Crippen molar-refractivity contribution in [3.05, 3.63) is 69.5 Å². The zero-order valence-corrected chi connectivity index (χ0v) is 12.2. The zero-order valence-electron chi connectivity index (χ0n) is 12.2. The van der Waals surface area contributed by atoms with Crippen molar-refractivity contribution in [2.45, 2.75) is 19.9 Å². The van der Waals surface area contributed by atoms with E-state index in [2.05, 4.69) is 5.32 Å². The summed E-state index contributed by atoms with van der Waals surface area (Å²) in [5.41, 5.74) is 1.23. The van der Waals surface area contributed by atoms with E-state index in [-0.39, 0.29) is 28.9 Å². The molecule has 0 aliphatic heterocycles. The van der Waals surface area contributed by atoms with Crippen LogP contribution in [0.2, 0.25) is 0 Å². The number of nitrogens with one attached hydrogen (secondary N) is 1. The second kappa shape index (κ2) is 6.34. The molecule has 0 heterocycles. The van der Waals surface area contributed by atoms with Gasteiger partial charge >= 0.3 is 0 Å². The summed E-state index contributed by atoms with van der Waals surface area (Å²) in [6.07, 6.45) is 0. The molecule has 2 rings (SSSR count). The highest BCUT2D eigenvalue weighted by Crippen LogP contribution is 2.29. The Kier molecular flexibility index (Phi) is 4.50. The number of hydrogen-bond donors (Lipinski definition) is 1. The summed E-state index contributed by atoms with van der Waals surface area (Å²) in [6.45, 7) is 3.17. The number of benzene rings is 2. The quantitative estimate of drug-likeness (QED) is 0.512. The van der Waals surface area contributed by atoms with Gasteiger partial charge in [-0.1, -0.05) is 12.1 Å². The first kappa shape index (κ1) is 15.6. The molecule has 0 fully saturated rings. The SMILES string of the molecule is CC(=O)c1ccc(N[C@@H](C)c2ccc(F)cc2)c([N+](=O)[O-])c1. The number of halogens is 1. The number of ketones is 1. The number of carbonyl (C=O) groups excluding carboxylic acids is 1. The first-order valence-corrected chi connectivity index (χ1v) is 6.70. The highest BCUT2D eigenvalue weighted by atomic mass is 19.1. The second-order valence-corrected chi connectivity index (χ2v) is 4.96. The molecule has 0 radical (unpaired) electrons. The van der Waals surface area contributed by atoms with Gasteiger partial charge in [0.05, 0.1) is 4.92 Å². The average molecular weight is 302 g/mol. The van der Waals surface area contributed by atoms with E-state index in [1.807, 2.05) is 6.92 Å². The molecule has 5 nitrogen and oxygen atoms in total. The maximum absolute atomic E-state index is 12.9. The van der Waals surface area contributed by atoms with Crippen LogP contribution < -0.4 is 5.32 Å². The third-order valence-corrected chi connectivity index (χ3v) is 3.34. The fraction of sp³-hybridized carbons (Fsp3) is 0.188. The van der Waals surface area contributed by atoms with E-state index in [0.717, 1.165) is 5.56 Å².